The first kappa shape index (κ1) is 17.3. The second-order valence-corrected chi connectivity index (χ2v) is 4.49. The largest absolute Gasteiger partial charge is 0.471 e. The Labute approximate surface area is 123 Å². The van der Waals surface area contributed by atoms with E-state index in [0.29, 0.717) is 13.0 Å². The maximum atomic E-state index is 12.2. The molecule has 21 heavy (non-hydrogen) atoms. The van der Waals surface area contributed by atoms with Gasteiger partial charge >= 0.3 is 12.1 Å². The molecule has 0 fully saturated rings. The Morgan fingerprint density at radius 3 is 2.48 bits per heavy atom. The summed E-state index contributed by atoms with van der Waals surface area (Å²) < 4.78 is 36.5. The summed E-state index contributed by atoms with van der Waals surface area (Å²) in [5.41, 5.74) is 5.24. The number of nitrogens with two attached hydrogens (primary N) is 1. The summed E-state index contributed by atoms with van der Waals surface area (Å²) in [4.78, 5) is 22.3. The van der Waals surface area contributed by atoms with Gasteiger partial charge in [0.15, 0.2) is 0 Å². The van der Waals surface area contributed by atoms with E-state index in [1.54, 1.807) is 5.32 Å². The van der Waals surface area contributed by atoms with Crippen molar-refractivity contribution in [2.45, 2.75) is 19.0 Å². The molecule has 0 atom stereocenters. The number of anilines is 2. The molecule has 2 amide bonds. The molecule has 0 unspecified atom stereocenters. The van der Waals surface area contributed by atoms with E-state index in [2.05, 4.69) is 5.32 Å². The van der Waals surface area contributed by atoms with Crippen molar-refractivity contribution in [3.63, 3.8) is 0 Å². The Kier molecular flexibility index (Phi) is 5.98. The molecular weight excluding hydrogens is 311 g/mol. The molecule has 9 heteroatoms. The van der Waals surface area contributed by atoms with Gasteiger partial charge in [0.05, 0.1) is 10.7 Å². The van der Waals surface area contributed by atoms with Crippen LogP contribution in [0.2, 0.25) is 5.02 Å². The number of alkyl halides is 3. The van der Waals surface area contributed by atoms with Crippen LogP contribution in [0.5, 0.6) is 0 Å². The summed E-state index contributed by atoms with van der Waals surface area (Å²) in [5, 5.41) is 4.03. The molecule has 1 aromatic carbocycles. The number of carbonyl (C=O) groups excluding carboxylic acids is 2. The van der Waals surface area contributed by atoms with Crippen molar-refractivity contribution in [3.8, 4) is 0 Å². The van der Waals surface area contributed by atoms with Gasteiger partial charge in [0.1, 0.15) is 0 Å². The molecule has 4 N–H and O–H groups in total. The van der Waals surface area contributed by atoms with Crippen molar-refractivity contribution in [2.24, 2.45) is 5.73 Å². The van der Waals surface area contributed by atoms with Gasteiger partial charge in [-0.3, -0.25) is 9.59 Å². The fraction of sp³-hybridized carbons (Fsp3) is 0.333. The number of nitrogens with one attached hydrogen (secondary N) is 2. The normalized spacial score (nSPS) is 11.1. The highest BCUT2D eigenvalue weighted by Crippen LogP contribution is 2.27. The Balaban J connectivity index is 2.80. The van der Waals surface area contributed by atoms with Gasteiger partial charge in [0.25, 0.3) is 0 Å². The van der Waals surface area contributed by atoms with Crippen molar-refractivity contribution in [1.82, 2.24) is 0 Å². The average Bonchev–Trinajstić information content (AvgIpc) is 2.39. The summed E-state index contributed by atoms with van der Waals surface area (Å²) in [6.07, 6.45) is -4.36. The predicted molar refractivity (Wildman–Crippen MR) is 73.1 cm³/mol. The van der Waals surface area contributed by atoms with Crippen molar-refractivity contribution in [1.29, 1.82) is 0 Å². The Morgan fingerprint density at radius 2 is 1.90 bits per heavy atom. The number of carbonyl (C=O) groups is 2. The maximum absolute atomic E-state index is 12.2. The first-order valence-corrected chi connectivity index (χ1v) is 6.29. The number of halogens is 4. The summed E-state index contributed by atoms with van der Waals surface area (Å²) in [7, 11) is 0. The van der Waals surface area contributed by atoms with Gasteiger partial charge in [0.2, 0.25) is 5.91 Å². The number of amides is 2. The lowest BCUT2D eigenvalue weighted by atomic mass is 10.2. The molecule has 0 radical (unpaired) electrons. The number of rotatable bonds is 5. The molecule has 0 spiro atoms. The van der Waals surface area contributed by atoms with Crippen molar-refractivity contribution in [2.75, 3.05) is 17.2 Å². The zero-order valence-corrected chi connectivity index (χ0v) is 11.5. The molecule has 0 heterocycles. The van der Waals surface area contributed by atoms with Gasteiger partial charge in [-0.25, -0.2) is 0 Å². The average molecular weight is 324 g/mol. The van der Waals surface area contributed by atoms with Crippen LogP contribution in [0.3, 0.4) is 0 Å². The maximum Gasteiger partial charge on any atom is 0.471 e. The lowest BCUT2D eigenvalue weighted by molar-refractivity contribution is -0.167. The minimum absolute atomic E-state index is 0.0763. The van der Waals surface area contributed by atoms with E-state index in [4.69, 9.17) is 17.3 Å². The molecule has 0 aliphatic rings. The zero-order chi connectivity index (χ0) is 16.0. The van der Waals surface area contributed by atoms with Crippen LogP contribution < -0.4 is 16.4 Å². The molecule has 0 aliphatic heterocycles. The molecule has 5 nitrogen and oxygen atoms in total. The third-order valence-corrected chi connectivity index (χ3v) is 2.69. The second-order valence-electron chi connectivity index (χ2n) is 4.09. The molecule has 0 saturated heterocycles. The monoisotopic (exact) mass is 323 g/mol. The van der Waals surface area contributed by atoms with Gasteiger partial charge in [-0.05, 0) is 31.2 Å². The van der Waals surface area contributed by atoms with Gasteiger partial charge in [-0.1, -0.05) is 11.6 Å². The highest BCUT2D eigenvalue weighted by atomic mass is 35.5. The van der Waals surface area contributed by atoms with E-state index < -0.39 is 12.1 Å². The lowest BCUT2D eigenvalue weighted by Gasteiger charge is -2.11. The minimum atomic E-state index is -5.02. The molecule has 1 aromatic rings. The van der Waals surface area contributed by atoms with Crippen LogP contribution in [0.15, 0.2) is 18.2 Å². The lowest BCUT2D eigenvalue weighted by Crippen LogP contribution is -2.30. The summed E-state index contributed by atoms with van der Waals surface area (Å²) >= 11 is 5.70. The predicted octanol–water partition coefficient (Wildman–Crippen LogP) is 2.52. The SMILES string of the molecule is NCCCC(=O)Nc1ccc(Cl)c(NC(=O)C(F)(F)F)c1. The third kappa shape index (κ3) is 5.60. The fourth-order valence-electron chi connectivity index (χ4n) is 1.38. The van der Waals surface area contributed by atoms with Crippen LogP contribution in [-0.2, 0) is 9.59 Å². The van der Waals surface area contributed by atoms with Crippen LogP contribution in [0.4, 0.5) is 24.5 Å². The van der Waals surface area contributed by atoms with Gasteiger partial charge < -0.3 is 16.4 Å². The van der Waals surface area contributed by atoms with Crippen molar-refractivity contribution >= 4 is 34.8 Å². The molecular formula is C12H13ClF3N3O2. The van der Waals surface area contributed by atoms with Crippen molar-refractivity contribution in [3.05, 3.63) is 23.2 Å². The van der Waals surface area contributed by atoms with Crippen LogP contribution in [-0.4, -0.2) is 24.5 Å². The number of hydrogen-bond acceptors (Lipinski definition) is 3. The summed E-state index contributed by atoms with van der Waals surface area (Å²) in [6, 6.07) is 3.82. The van der Waals surface area contributed by atoms with E-state index in [-0.39, 0.29) is 28.7 Å². The summed E-state index contributed by atoms with van der Waals surface area (Å²) in [6.45, 7) is 0.348. The Bertz CT molecular complexity index is 535. The molecule has 116 valence electrons. The molecule has 0 bridgehead atoms. The van der Waals surface area contributed by atoms with Gasteiger partial charge in [-0.15, -0.1) is 0 Å². The Hall–Kier alpha value is -1.80. The number of benzene rings is 1. The minimum Gasteiger partial charge on any atom is -0.330 e. The first-order chi connectivity index (χ1) is 9.74. The topological polar surface area (TPSA) is 84.2 Å². The van der Waals surface area contributed by atoms with Crippen LogP contribution in [0.1, 0.15) is 12.8 Å². The zero-order valence-electron chi connectivity index (χ0n) is 10.8. The number of hydrogen-bond donors (Lipinski definition) is 3. The fourth-order valence-corrected chi connectivity index (χ4v) is 1.54. The highest BCUT2D eigenvalue weighted by Gasteiger charge is 2.38. The van der Waals surface area contributed by atoms with Gasteiger partial charge in [0, 0.05) is 12.1 Å². The molecule has 0 aliphatic carbocycles. The van der Waals surface area contributed by atoms with Crippen LogP contribution in [0, 0.1) is 0 Å². The first-order valence-electron chi connectivity index (χ1n) is 5.91. The molecule has 0 aromatic heterocycles. The second kappa shape index (κ2) is 7.28. The Morgan fingerprint density at radius 1 is 1.24 bits per heavy atom. The van der Waals surface area contributed by atoms with E-state index in [1.165, 1.54) is 12.1 Å². The van der Waals surface area contributed by atoms with Gasteiger partial charge in [-0.2, -0.15) is 13.2 Å². The molecule has 0 saturated carbocycles. The van der Waals surface area contributed by atoms with E-state index >= 15 is 0 Å². The van der Waals surface area contributed by atoms with E-state index in [9.17, 15) is 22.8 Å². The standard InChI is InChI=1S/C12H13ClF3N3O2/c13-8-4-3-7(18-10(20)2-1-5-17)6-9(8)19-11(21)12(14,15)16/h3-4,6H,1-2,5,17H2,(H,18,20)(H,19,21). The highest BCUT2D eigenvalue weighted by molar-refractivity contribution is 6.34. The van der Waals surface area contributed by atoms with E-state index in [0.717, 1.165) is 6.07 Å². The smallest absolute Gasteiger partial charge is 0.330 e. The van der Waals surface area contributed by atoms with Crippen LogP contribution >= 0.6 is 11.6 Å². The molecule has 1 rings (SSSR count). The van der Waals surface area contributed by atoms with Crippen LogP contribution in [0.25, 0.3) is 0 Å². The summed E-state index contributed by atoms with van der Waals surface area (Å²) in [5.74, 6) is -2.48. The quantitative estimate of drug-likeness (QED) is 0.778. The van der Waals surface area contributed by atoms with E-state index in [1.807, 2.05) is 0 Å². The third-order valence-electron chi connectivity index (χ3n) is 2.36. The van der Waals surface area contributed by atoms with Crippen molar-refractivity contribution < 1.29 is 22.8 Å².